The molecule has 0 saturated carbocycles. The van der Waals surface area contributed by atoms with Crippen LogP contribution in [0.2, 0.25) is 5.02 Å². The first-order valence-electron chi connectivity index (χ1n) is 8.04. The van der Waals surface area contributed by atoms with Gasteiger partial charge in [-0.15, -0.1) is 0 Å². The summed E-state index contributed by atoms with van der Waals surface area (Å²) in [5, 5.41) is 3.24. The molecule has 0 fully saturated rings. The van der Waals surface area contributed by atoms with Crippen LogP contribution < -0.4 is 10.1 Å². The van der Waals surface area contributed by atoms with Crippen molar-refractivity contribution >= 4 is 23.2 Å². The van der Waals surface area contributed by atoms with Gasteiger partial charge < -0.3 is 19.5 Å². The van der Waals surface area contributed by atoms with E-state index in [1.54, 1.807) is 39.2 Å². The first-order valence-corrected chi connectivity index (χ1v) is 8.42. The highest BCUT2D eigenvalue weighted by molar-refractivity contribution is 6.32. The van der Waals surface area contributed by atoms with Gasteiger partial charge in [-0.25, -0.2) is 0 Å². The summed E-state index contributed by atoms with van der Waals surface area (Å²) < 4.78 is 16.5. The van der Waals surface area contributed by atoms with Crippen molar-refractivity contribution in [3.8, 4) is 5.75 Å². The Bertz CT molecular complexity index is 558. The van der Waals surface area contributed by atoms with Crippen molar-refractivity contribution in [2.45, 2.75) is 52.2 Å². The lowest BCUT2D eigenvalue weighted by atomic mass is 10.1. The van der Waals surface area contributed by atoms with Crippen molar-refractivity contribution in [3.63, 3.8) is 0 Å². The van der Waals surface area contributed by atoms with Crippen LogP contribution in [0, 0.1) is 0 Å². The van der Waals surface area contributed by atoms with Gasteiger partial charge in [0.05, 0.1) is 17.2 Å². The van der Waals surface area contributed by atoms with Crippen LogP contribution in [0.1, 0.15) is 41.0 Å². The molecule has 0 aliphatic heterocycles. The highest BCUT2D eigenvalue weighted by atomic mass is 35.5. The van der Waals surface area contributed by atoms with Gasteiger partial charge in [-0.05, 0) is 52.8 Å². The monoisotopic (exact) mass is 357 g/mol. The van der Waals surface area contributed by atoms with Gasteiger partial charge >= 0.3 is 0 Å². The van der Waals surface area contributed by atoms with E-state index in [4.69, 9.17) is 25.8 Å². The minimum atomic E-state index is -0.901. The lowest BCUT2D eigenvalue weighted by Gasteiger charge is -2.24. The van der Waals surface area contributed by atoms with Crippen molar-refractivity contribution in [1.82, 2.24) is 0 Å². The van der Waals surface area contributed by atoms with Gasteiger partial charge in [0.1, 0.15) is 11.4 Å². The minimum absolute atomic E-state index is 0.226. The number of benzene rings is 1. The molecule has 24 heavy (non-hydrogen) atoms. The Morgan fingerprint density at radius 1 is 1.25 bits per heavy atom. The molecule has 0 aliphatic carbocycles. The number of rotatable bonds is 9. The van der Waals surface area contributed by atoms with Crippen molar-refractivity contribution in [2.24, 2.45) is 0 Å². The molecule has 0 spiro atoms. The van der Waals surface area contributed by atoms with Gasteiger partial charge in [-0.3, -0.25) is 4.79 Å². The van der Waals surface area contributed by atoms with Crippen molar-refractivity contribution in [1.29, 1.82) is 0 Å². The maximum atomic E-state index is 12.2. The molecule has 1 aromatic rings. The maximum absolute atomic E-state index is 12.2. The van der Waals surface area contributed by atoms with Crippen LogP contribution >= 0.6 is 11.6 Å². The molecule has 5 nitrogen and oxygen atoms in total. The van der Waals surface area contributed by atoms with Gasteiger partial charge in [0.25, 0.3) is 5.91 Å². The number of ether oxygens (including phenoxy) is 3. The predicted molar refractivity (Wildman–Crippen MR) is 97.0 cm³/mol. The third-order valence-electron chi connectivity index (χ3n) is 3.76. The zero-order valence-corrected chi connectivity index (χ0v) is 16.1. The van der Waals surface area contributed by atoms with E-state index in [1.165, 1.54) is 0 Å². The fourth-order valence-corrected chi connectivity index (χ4v) is 2.15. The van der Waals surface area contributed by atoms with Gasteiger partial charge in [-0.1, -0.05) is 11.6 Å². The second kappa shape index (κ2) is 8.70. The average Bonchev–Trinajstić information content (AvgIpc) is 2.49. The number of anilines is 1. The summed E-state index contributed by atoms with van der Waals surface area (Å²) in [7, 11) is 1.67. The van der Waals surface area contributed by atoms with E-state index in [-0.39, 0.29) is 11.5 Å². The van der Waals surface area contributed by atoms with E-state index < -0.39 is 5.60 Å². The van der Waals surface area contributed by atoms with Gasteiger partial charge in [0.2, 0.25) is 0 Å². The van der Waals surface area contributed by atoms with E-state index in [2.05, 4.69) is 5.32 Å². The van der Waals surface area contributed by atoms with Crippen LogP contribution in [-0.2, 0) is 14.3 Å². The van der Waals surface area contributed by atoms with E-state index in [0.717, 1.165) is 6.42 Å². The molecule has 1 aromatic carbocycles. The minimum Gasteiger partial charge on any atom is -0.492 e. The number of halogens is 1. The highest BCUT2D eigenvalue weighted by Crippen LogP contribution is 2.29. The number of carbonyl (C=O) groups is 1. The standard InChI is InChI=1S/C18H28ClNO4/c1-7-24-18(4,5)16(21)20-13-8-9-15(14(19)12-13)23-11-10-17(2,3)22-6/h8-9,12H,7,10-11H2,1-6H3,(H,20,21). The Morgan fingerprint density at radius 3 is 2.46 bits per heavy atom. The fourth-order valence-electron chi connectivity index (χ4n) is 1.91. The van der Waals surface area contributed by atoms with Crippen molar-refractivity contribution < 1.29 is 19.0 Å². The summed E-state index contributed by atoms with van der Waals surface area (Å²) in [6, 6.07) is 5.16. The molecule has 136 valence electrons. The van der Waals surface area contributed by atoms with Gasteiger partial charge in [0.15, 0.2) is 0 Å². The van der Waals surface area contributed by atoms with E-state index in [0.29, 0.717) is 29.7 Å². The molecular formula is C18H28ClNO4. The molecule has 1 N–H and O–H groups in total. The molecule has 1 amide bonds. The molecule has 0 saturated heterocycles. The SMILES string of the molecule is CCOC(C)(C)C(=O)Nc1ccc(OCCC(C)(C)OC)c(Cl)c1. The molecule has 0 radical (unpaired) electrons. The smallest absolute Gasteiger partial charge is 0.256 e. The molecule has 0 bridgehead atoms. The quantitative estimate of drug-likeness (QED) is 0.716. The summed E-state index contributed by atoms with van der Waals surface area (Å²) in [5.41, 5.74) is -0.546. The largest absolute Gasteiger partial charge is 0.492 e. The second-order valence-corrected chi connectivity index (χ2v) is 7.01. The normalized spacial score (nSPS) is 12.1. The summed E-state index contributed by atoms with van der Waals surface area (Å²) in [5.74, 6) is 0.349. The number of methoxy groups -OCH3 is 1. The zero-order chi connectivity index (χ0) is 18.4. The van der Waals surface area contributed by atoms with Crippen LogP contribution in [0.3, 0.4) is 0 Å². The Kier molecular flexibility index (Phi) is 7.52. The van der Waals surface area contributed by atoms with E-state index in [9.17, 15) is 4.79 Å². The molecule has 0 aliphatic rings. The Morgan fingerprint density at radius 2 is 1.92 bits per heavy atom. The number of nitrogens with one attached hydrogen (secondary N) is 1. The Hall–Kier alpha value is -1.30. The number of amides is 1. The van der Waals surface area contributed by atoms with E-state index >= 15 is 0 Å². The summed E-state index contributed by atoms with van der Waals surface area (Å²) in [6.07, 6.45) is 0.737. The predicted octanol–water partition coefficient (Wildman–Crippen LogP) is 4.29. The summed E-state index contributed by atoms with van der Waals surface area (Å²) in [4.78, 5) is 12.2. The lowest BCUT2D eigenvalue weighted by molar-refractivity contribution is -0.136. The van der Waals surface area contributed by atoms with Crippen LogP contribution in [0.25, 0.3) is 0 Å². The molecule has 6 heteroatoms. The van der Waals surface area contributed by atoms with Crippen LogP contribution in [0.15, 0.2) is 18.2 Å². The molecular weight excluding hydrogens is 330 g/mol. The van der Waals surface area contributed by atoms with Crippen LogP contribution in [0.5, 0.6) is 5.75 Å². The fraction of sp³-hybridized carbons (Fsp3) is 0.611. The highest BCUT2D eigenvalue weighted by Gasteiger charge is 2.28. The summed E-state index contributed by atoms with van der Waals surface area (Å²) in [6.45, 7) is 10.2. The molecule has 0 unspecified atom stereocenters. The molecule has 0 aromatic heterocycles. The van der Waals surface area contributed by atoms with Crippen molar-refractivity contribution in [3.05, 3.63) is 23.2 Å². The average molecular weight is 358 g/mol. The lowest BCUT2D eigenvalue weighted by Crippen LogP contribution is -2.39. The van der Waals surface area contributed by atoms with Gasteiger partial charge in [-0.2, -0.15) is 0 Å². The van der Waals surface area contributed by atoms with Crippen LogP contribution in [0.4, 0.5) is 5.69 Å². The van der Waals surface area contributed by atoms with Crippen molar-refractivity contribution in [2.75, 3.05) is 25.6 Å². The molecule has 1 rings (SSSR count). The first kappa shape index (κ1) is 20.7. The number of hydrogen-bond donors (Lipinski definition) is 1. The third-order valence-corrected chi connectivity index (χ3v) is 4.05. The Balaban J connectivity index is 2.66. The first-order chi connectivity index (χ1) is 11.1. The number of hydrogen-bond acceptors (Lipinski definition) is 4. The zero-order valence-electron chi connectivity index (χ0n) is 15.4. The maximum Gasteiger partial charge on any atom is 0.256 e. The molecule has 0 atom stereocenters. The second-order valence-electron chi connectivity index (χ2n) is 6.60. The number of carbonyl (C=O) groups excluding carboxylic acids is 1. The Labute approximate surface area is 149 Å². The topological polar surface area (TPSA) is 56.8 Å². The van der Waals surface area contributed by atoms with Crippen LogP contribution in [-0.4, -0.2) is 37.4 Å². The summed E-state index contributed by atoms with van der Waals surface area (Å²) >= 11 is 6.23. The molecule has 0 heterocycles. The van der Waals surface area contributed by atoms with Gasteiger partial charge in [0, 0.05) is 25.8 Å². The van der Waals surface area contributed by atoms with E-state index in [1.807, 2.05) is 20.8 Å². The third kappa shape index (κ3) is 6.30.